The number of allylic oxidation sites excluding steroid dienone is 1. The Bertz CT molecular complexity index is 1040. The third kappa shape index (κ3) is 7.66. The molecule has 208 valence electrons. The van der Waals surface area contributed by atoms with Gasteiger partial charge in [0.2, 0.25) is 11.8 Å². The summed E-state index contributed by atoms with van der Waals surface area (Å²) in [7, 11) is 1.65. The van der Waals surface area contributed by atoms with E-state index in [1.165, 1.54) is 9.91 Å². The number of cyclic esters (lactones) is 1. The molecule has 3 amide bonds. The van der Waals surface area contributed by atoms with Crippen molar-refractivity contribution >= 4 is 29.8 Å². The van der Waals surface area contributed by atoms with Crippen molar-refractivity contribution in [1.82, 2.24) is 20.7 Å². The molecule has 2 aliphatic rings. The quantitative estimate of drug-likeness (QED) is 0.544. The predicted octanol–water partition coefficient (Wildman–Crippen LogP) is 3.36. The molecule has 9 nitrogen and oxygen atoms in total. The highest BCUT2D eigenvalue weighted by molar-refractivity contribution is 5.92. The first-order chi connectivity index (χ1) is 18.1. The molecule has 2 aliphatic heterocycles. The fourth-order valence-corrected chi connectivity index (χ4v) is 4.96. The summed E-state index contributed by atoms with van der Waals surface area (Å²) in [5.41, 5.74) is 4.89. The minimum atomic E-state index is -0.833. The third-order valence-electron chi connectivity index (χ3n) is 7.17. The lowest BCUT2D eigenvalue weighted by Gasteiger charge is -2.35. The number of hydrogen-bond acceptors (Lipinski definition) is 6. The monoisotopic (exact) mass is 526 g/mol. The van der Waals surface area contributed by atoms with Crippen molar-refractivity contribution in [1.29, 1.82) is 0 Å². The van der Waals surface area contributed by atoms with Gasteiger partial charge in [-0.2, -0.15) is 0 Å². The van der Waals surface area contributed by atoms with Crippen molar-refractivity contribution in [3.05, 3.63) is 41.5 Å². The summed E-state index contributed by atoms with van der Waals surface area (Å²) in [6.45, 7) is 7.63. The molecular weight excluding hydrogens is 484 g/mol. The van der Waals surface area contributed by atoms with E-state index in [4.69, 9.17) is 4.74 Å². The SMILES string of the molecule is CC(C)[C@H]1C(=O)N[C@@H](C)C(=O)N2CCC[C@H](N2)C(=O)O[C@H](C)c2cccc(c2)C=CCCCCC(=O)N1C. The van der Waals surface area contributed by atoms with E-state index in [1.54, 1.807) is 14.0 Å². The maximum absolute atomic E-state index is 13.2. The van der Waals surface area contributed by atoms with Gasteiger partial charge in [-0.25, -0.2) is 5.43 Å². The number of carbonyl (C=O) groups excluding carboxylic acids is 4. The van der Waals surface area contributed by atoms with E-state index in [1.807, 2.05) is 51.1 Å². The van der Waals surface area contributed by atoms with E-state index in [9.17, 15) is 19.2 Å². The lowest BCUT2D eigenvalue weighted by molar-refractivity contribution is -0.157. The van der Waals surface area contributed by atoms with Crippen molar-refractivity contribution in [2.45, 2.75) is 90.4 Å². The normalized spacial score (nSPS) is 26.9. The Hall–Kier alpha value is -3.20. The highest BCUT2D eigenvalue weighted by atomic mass is 16.5. The number of carbonyl (C=O) groups is 4. The lowest BCUT2D eigenvalue weighted by atomic mass is 10.0. The third-order valence-corrected chi connectivity index (χ3v) is 7.17. The van der Waals surface area contributed by atoms with Crippen molar-refractivity contribution < 1.29 is 23.9 Å². The molecular formula is C29H42N4O5. The highest BCUT2D eigenvalue weighted by Crippen LogP contribution is 2.21. The molecule has 4 atom stereocenters. The maximum Gasteiger partial charge on any atom is 0.325 e. The number of amides is 3. The van der Waals surface area contributed by atoms with Crippen LogP contribution in [0, 0.1) is 5.92 Å². The zero-order valence-corrected chi connectivity index (χ0v) is 23.2. The number of hydrazine groups is 1. The van der Waals surface area contributed by atoms with Gasteiger partial charge in [0.25, 0.3) is 5.91 Å². The summed E-state index contributed by atoms with van der Waals surface area (Å²) >= 11 is 0. The Balaban J connectivity index is 1.82. The van der Waals surface area contributed by atoms with Gasteiger partial charge in [-0.1, -0.05) is 44.2 Å². The van der Waals surface area contributed by atoms with Crippen molar-refractivity contribution in [2.24, 2.45) is 5.92 Å². The molecule has 1 saturated heterocycles. The Kier molecular flexibility index (Phi) is 10.5. The summed E-state index contributed by atoms with van der Waals surface area (Å²) in [6, 6.07) is 5.67. The standard InChI is InChI=1S/C29H42N4O5/c1-19(2)26-27(35)30-20(3)28(36)33-17-11-15-24(31-33)29(37)38-21(4)23-14-10-13-22(18-23)12-8-6-7-9-16-25(34)32(26)5/h8,10,12-14,18-21,24,26,31H,6-7,9,11,15-17H2,1-5H3,(H,30,35)/t20-,21+,24-,26-/m0/s1. The van der Waals surface area contributed by atoms with E-state index in [0.717, 1.165) is 24.0 Å². The first-order valence-electron chi connectivity index (χ1n) is 13.7. The van der Waals surface area contributed by atoms with E-state index in [0.29, 0.717) is 32.2 Å². The number of likely N-dealkylation sites (N-methyl/N-ethyl adjacent to an activating group) is 1. The van der Waals surface area contributed by atoms with Crippen LogP contribution >= 0.6 is 0 Å². The van der Waals surface area contributed by atoms with Gasteiger partial charge in [0.05, 0.1) is 0 Å². The number of nitrogens with one attached hydrogen (secondary N) is 2. The summed E-state index contributed by atoms with van der Waals surface area (Å²) in [5, 5.41) is 4.18. The topological polar surface area (TPSA) is 108 Å². The molecule has 0 saturated carbocycles. The minimum absolute atomic E-state index is 0.0929. The molecule has 0 aliphatic carbocycles. The van der Waals surface area contributed by atoms with Gasteiger partial charge in [0, 0.05) is 20.0 Å². The van der Waals surface area contributed by atoms with E-state index >= 15 is 0 Å². The molecule has 2 N–H and O–H groups in total. The molecule has 4 bridgehead atoms. The number of ether oxygens (including phenoxy) is 1. The maximum atomic E-state index is 13.2. The second-order valence-corrected chi connectivity index (χ2v) is 10.6. The van der Waals surface area contributed by atoms with Crippen molar-refractivity contribution in [3.63, 3.8) is 0 Å². The van der Waals surface area contributed by atoms with Crippen LogP contribution in [0.3, 0.4) is 0 Å². The minimum Gasteiger partial charge on any atom is -0.457 e. The molecule has 1 aromatic rings. The molecule has 1 fully saturated rings. The zero-order valence-electron chi connectivity index (χ0n) is 23.2. The van der Waals surface area contributed by atoms with Crippen LogP contribution < -0.4 is 10.7 Å². The van der Waals surface area contributed by atoms with Crippen LogP contribution in [0.15, 0.2) is 30.3 Å². The van der Waals surface area contributed by atoms with Gasteiger partial charge in [-0.15, -0.1) is 0 Å². The summed E-state index contributed by atoms with van der Waals surface area (Å²) < 4.78 is 5.76. The molecule has 0 spiro atoms. The molecule has 0 unspecified atom stereocenters. The second-order valence-electron chi connectivity index (χ2n) is 10.6. The van der Waals surface area contributed by atoms with Crippen molar-refractivity contribution in [2.75, 3.05) is 13.6 Å². The fourth-order valence-electron chi connectivity index (χ4n) is 4.96. The molecule has 3 rings (SSSR count). The van der Waals surface area contributed by atoms with E-state index in [-0.39, 0.29) is 23.6 Å². The van der Waals surface area contributed by atoms with Crippen LogP contribution in [0.5, 0.6) is 0 Å². The number of rotatable bonds is 1. The lowest BCUT2D eigenvalue weighted by Crippen LogP contribution is -2.61. The Labute approximate surface area is 225 Å². The van der Waals surface area contributed by atoms with Crippen LogP contribution in [0.1, 0.15) is 83.5 Å². The van der Waals surface area contributed by atoms with Crippen LogP contribution in [0.4, 0.5) is 0 Å². The highest BCUT2D eigenvalue weighted by Gasteiger charge is 2.35. The van der Waals surface area contributed by atoms with Gasteiger partial charge in [-0.3, -0.25) is 24.2 Å². The van der Waals surface area contributed by atoms with Gasteiger partial charge in [-0.05, 0) is 69.1 Å². The molecule has 0 radical (unpaired) electrons. The average Bonchev–Trinajstić information content (AvgIpc) is 2.89. The van der Waals surface area contributed by atoms with Crippen LogP contribution in [-0.2, 0) is 23.9 Å². The van der Waals surface area contributed by atoms with Crippen LogP contribution in [0.2, 0.25) is 0 Å². The van der Waals surface area contributed by atoms with Gasteiger partial charge in [0.15, 0.2) is 0 Å². The largest absolute Gasteiger partial charge is 0.457 e. The Morgan fingerprint density at radius 3 is 2.55 bits per heavy atom. The van der Waals surface area contributed by atoms with E-state index < -0.39 is 30.2 Å². The summed E-state index contributed by atoms with van der Waals surface area (Å²) in [5.74, 6) is -1.36. The molecule has 9 heteroatoms. The summed E-state index contributed by atoms with van der Waals surface area (Å²) in [4.78, 5) is 53.7. The van der Waals surface area contributed by atoms with Gasteiger partial charge in [0.1, 0.15) is 24.2 Å². The molecule has 0 aromatic heterocycles. The summed E-state index contributed by atoms with van der Waals surface area (Å²) in [6.07, 6.45) is 7.57. The molecule has 38 heavy (non-hydrogen) atoms. The van der Waals surface area contributed by atoms with Crippen LogP contribution in [0.25, 0.3) is 6.08 Å². The number of esters is 1. The van der Waals surface area contributed by atoms with E-state index in [2.05, 4.69) is 16.8 Å². The zero-order chi connectivity index (χ0) is 27.8. The second kappa shape index (κ2) is 13.6. The van der Waals surface area contributed by atoms with Gasteiger partial charge >= 0.3 is 5.97 Å². The molecule has 2 heterocycles. The predicted molar refractivity (Wildman–Crippen MR) is 145 cm³/mol. The number of nitrogens with zero attached hydrogens (tertiary/aromatic N) is 2. The smallest absolute Gasteiger partial charge is 0.325 e. The fraction of sp³-hybridized carbons (Fsp3) is 0.586. The van der Waals surface area contributed by atoms with Crippen LogP contribution in [-0.4, -0.2) is 65.3 Å². The average molecular weight is 527 g/mol. The van der Waals surface area contributed by atoms with Gasteiger partial charge < -0.3 is 15.0 Å². The number of benzene rings is 1. The van der Waals surface area contributed by atoms with Crippen molar-refractivity contribution in [3.8, 4) is 0 Å². The number of hydrogen-bond donors (Lipinski definition) is 2. The first kappa shape index (κ1) is 29.4. The Morgan fingerprint density at radius 1 is 1.05 bits per heavy atom. The number of fused-ring (bicyclic) bond motifs is 4. The molecule has 1 aromatic carbocycles. The first-order valence-corrected chi connectivity index (χ1v) is 13.7. The Morgan fingerprint density at radius 2 is 1.82 bits per heavy atom.